The minimum absolute atomic E-state index is 0.161. The first-order valence-corrected chi connectivity index (χ1v) is 10.7. The molecular weight excluding hydrogens is 300 g/mol. The van der Waals surface area contributed by atoms with Gasteiger partial charge in [0.15, 0.2) is 9.04 Å². The van der Waals surface area contributed by atoms with Crippen molar-refractivity contribution < 1.29 is 23.5 Å². The van der Waals surface area contributed by atoms with Crippen LogP contribution in [0, 0.1) is 5.41 Å². The van der Waals surface area contributed by atoms with Gasteiger partial charge < -0.3 is 13.9 Å². The van der Waals surface area contributed by atoms with E-state index in [1.54, 1.807) is 0 Å². The fourth-order valence-electron chi connectivity index (χ4n) is 2.02. The van der Waals surface area contributed by atoms with E-state index in [-0.39, 0.29) is 24.1 Å². The van der Waals surface area contributed by atoms with Crippen LogP contribution in [0.15, 0.2) is 11.3 Å². The van der Waals surface area contributed by atoms with E-state index in [0.717, 1.165) is 0 Å². The van der Waals surface area contributed by atoms with Crippen LogP contribution >= 0.6 is 0 Å². The van der Waals surface area contributed by atoms with Crippen LogP contribution in [0.3, 0.4) is 0 Å². The first-order chi connectivity index (χ1) is 10.1. The molecule has 0 bridgehead atoms. The third kappa shape index (κ3) is 5.57. The Labute approximate surface area is 134 Å². The van der Waals surface area contributed by atoms with Gasteiger partial charge >= 0.3 is 11.9 Å². The molecule has 0 spiro atoms. The highest BCUT2D eigenvalue weighted by Gasteiger charge is 2.37. The van der Waals surface area contributed by atoms with Gasteiger partial charge in [0.25, 0.3) is 0 Å². The Morgan fingerprint density at radius 3 is 2.50 bits per heavy atom. The summed E-state index contributed by atoms with van der Waals surface area (Å²) in [6.07, 6.45) is 1.17. The van der Waals surface area contributed by atoms with E-state index < -0.39 is 15.0 Å². The summed E-state index contributed by atoms with van der Waals surface area (Å²) in [7, 11) is -1.28. The molecule has 0 fully saturated rings. The van der Waals surface area contributed by atoms with Crippen LogP contribution in [-0.4, -0.2) is 33.7 Å². The standard InChI is InChI=1S/C16H28O5Si/c1-7-8-14(17)20-12-9-13(16(2,3)4)21-15(18)11(12)10-19-22(5)6/h13,22H,7-10H2,1-6H3. The van der Waals surface area contributed by atoms with Crippen molar-refractivity contribution >= 4 is 21.0 Å². The van der Waals surface area contributed by atoms with Crippen LogP contribution in [0.4, 0.5) is 0 Å². The summed E-state index contributed by atoms with van der Waals surface area (Å²) in [5.74, 6) is -0.316. The number of ether oxygens (including phenoxy) is 2. The first-order valence-electron chi connectivity index (χ1n) is 7.90. The summed E-state index contributed by atoms with van der Waals surface area (Å²) in [6, 6.07) is 0. The Morgan fingerprint density at radius 2 is 2.00 bits per heavy atom. The van der Waals surface area contributed by atoms with Crippen molar-refractivity contribution in [2.45, 2.75) is 66.2 Å². The van der Waals surface area contributed by atoms with Gasteiger partial charge in [0.2, 0.25) is 0 Å². The third-order valence-corrected chi connectivity index (χ3v) is 4.25. The second-order valence-electron chi connectivity index (χ2n) is 6.95. The second kappa shape index (κ2) is 7.92. The molecule has 126 valence electrons. The molecule has 0 aliphatic carbocycles. The van der Waals surface area contributed by atoms with E-state index in [2.05, 4.69) is 0 Å². The van der Waals surface area contributed by atoms with E-state index in [1.165, 1.54) is 0 Å². The summed E-state index contributed by atoms with van der Waals surface area (Å²) in [6.45, 7) is 12.1. The monoisotopic (exact) mass is 328 g/mol. The van der Waals surface area contributed by atoms with Gasteiger partial charge in [-0.15, -0.1) is 0 Å². The van der Waals surface area contributed by atoms with E-state index >= 15 is 0 Å². The summed E-state index contributed by atoms with van der Waals surface area (Å²) < 4.78 is 16.6. The average molecular weight is 328 g/mol. The van der Waals surface area contributed by atoms with Crippen LogP contribution in [0.1, 0.15) is 47.0 Å². The van der Waals surface area contributed by atoms with Gasteiger partial charge in [0, 0.05) is 12.8 Å². The number of esters is 2. The summed E-state index contributed by atoms with van der Waals surface area (Å²) in [5, 5.41) is 0. The molecule has 1 atom stereocenters. The highest BCUT2D eigenvalue weighted by molar-refractivity contribution is 6.48. The predicted octanol–water partition coefficient (Wildman–Crippen LogP) is 2.95. The maximum Gasteiger partial charge on any atom is 0.340 e. The number of carbonyl (C=O) groups excluding carboxylic acids is 2. The molecule has 5 nitrogen and oxygen atoms in total. The van der Waals surface area contributed by atoms with Crippen LogP contribution < -0.4 is 0 Å². The Hall–Kier alpha value is -1.14. The molecule has 0 aromatic carbocycles. The van der Waals surface area contributed by atoms with Crippen LogP contribution in [-0.2, 0) is 23.5 Å². The number of rotatable bonds is 6. The molecule has 0 radical (unpaired) electrons. The average Bonchev–Trinajstić information content (AvgIpc) is 2.36. The van der Waals surface area contributed by atoms with Crippen molar-refractivity contribution in [1.82, 2.24) is 0 Å². The van der Waals surface area contributed by atoms with Crippen LogP contribution in [0.5, 0.6) is 0 Å². The lowest BCUT2D eigenvalue weighted by atomic mass is 9.85. The van der Waals surface area contributed by atoms with Crippen molar-refractivity contribution in [2.75, 3.05) is 6.61 Å². The van der Waals surface area contributed by atoms with Gasteiger partial charge in [-0.05, 0) is 24.9 Å². The molecule has 0 saturated carbocycles. The molecule has 0 aromatic heterocycles. The Morgan fingerprint density at radius 1 is 1.36 bits per heavy atom. The summed E-state index contributed by atoms with van der Waals surface area (Å²) in [4.78, 5) is 24.1. The van der Waals surface area contributed by atoms with Crippen LogP contribution in [0.2, 0.25) is 13.1 Å². The third-order valence-electron chi connectivity index (χ3n) is 3.42. The molecule has 22 heavy (non-hydrogen) atoms. The SMILES string of the molecule is CCCC(=O)OC1=C(CO[SiH](C)C)C(=O)OC(C(C)(C)C)C1. The smallest absolute Gasteiger partial charge is 0.340 e. The van der Waals surface area contributed by atoms with Crippen molar-refractivity contribution in [1.29, 1.82) is 0 Å². The van der Waals surface area contributed by atoms with Gasteiger partial charge in [-0.1, -0.05) is 27.7 Å². The topological polar surface area (TPSA) is 61.8 Å². The van der Waals surface area contributed by atoms with Gasteiger partial charge in [-0.25, -0.2) is 4.79 Å². The molecule has 1 heterocycles. The molecular formula is C16H28O5Si. The summed E-state index contributed by atoms with van der Waals surface area (Å²) in [5.41, 5.74) is 0.142. The number of cyclic esters (lactones) is 1. The largest absolute Gasteiger partial charge is 0.458 e. The number of carbonyl (C=O) groups is 2. The number of hydrogen-bond donors (Lipinski definition) is 0. The van der Waals surface area contributed by atoms with E-state index in [9.17, 15) is 9.59 Å². The Kier molecular flexibility index (Phi) is 6.81. The lowest BCUT2D eigenvalue weighted by molar-refractivity contribution is -0.155. The quantitative estimate of drug-likeness (QED) is 0.554. The summed E-state index contributed by atoms with van der Waals surface area (Å²) >= 11 is 0. The molecule has 0 saturated heterocycles. The number of hydrogen-bond acceptors (Lipinski definition) is 5. The maximum atomic E-state index is 12.3. The van der Waals surface area contributed by atoms with Crippen molar-refractivity contribution in [2.24, 2.45) is 5.41 Å². The molecule has 6 heteroatoms. The van der Waals surface area contributed by atoms with Gasteiger partial charge in [-0.2, -0.15) is 0 Å². The zero-order chi connectivity index (χ0) is 16.9. The molecule has 1 aliphatic rings. The van der Waals surface area contributed by atoms with Gasteiger partial charge in [-0.3, -0.25) is 4.79 Å². The maximum absolute atomic E-state index is 12.3. The highest BCUT2D eigenvalue weighted by atomic mass is 28.3. The first kappa shape index (κ1) is 18.9. The van der Waals surface area contributed by atoms with Gasteiger partial charge in [0.1, 0.15) is 11.9 Å². The Bertz CT molecular complexity index is 448. The minimum atomic E-state index is -1.28. The van der Waals surface area contributed by atoms with Crippen molar-refractivity contribution in [3.8, 4) is 0 Å². The van der Waals surface area contributed by atoms with Crippen LogP contribution in [0.25, 0.3) is 0 Å². The minimum Gasteiger partial charge on any atom is -0.458 e. The molecule has 1 aliphatic heterocycles. The zero-order valence-corrected chi connectivity index (χ0v) is 15.7. The van der Waals surface area contributed by atoms with E-state index in [4.69, 9.17) is 13.9 Å². The second-order valence-corrected chi connectivity index (χ2v) is 9.38. The normalized spacial score (nSPS) is 19.4. The molecule has 0 N–H and O–H groups in total. The fourth-order valence-corrected chi connectivity index (χ4v) is 2.52. The molecule has 1 unspecified atom stereocenters. The lowest BCUT2D eigenvalue weighted by Gasteiger charge is -2.34. The lowest BCUT2D eigenvalue weighted by Crippen LogP contribution is -2.38. The molecule has 0 aromatic rings. The van der Waals surface area contributed by atoms with Crippen molar-refractivity contribution in [3.05, 3.63) is 11.3 Å². The predicted molar refractivity (Wildman–Crippen MR) is 86.8 cm³/mol. The fraction of sp³-hybridized carbons (Fsp3) is 0.750. The molecule has 1 rings (SSSR count). The zero-order valence-electron chi connectivity index (χ0n) is 14.5. The van der Waals surface area contributed by atoms with Gasteiger partial charge in [0.05, 0.1) is 12.2 Å². The van der Waals surface area contributed by atoms with E-state index in [0.29, 0.717) is 30.6 Å². The van der Waals surface area contributed by atoms with E-state index in [1.807, 2.05) is 40.8 Å². The van der Waals surface area contributed by atoms with Crippen molar-refractivity contribution in [3.63, 3.8) is 0 Å². The molecule has 0 amide bonds. The Balaban J connectivity index is 2.99. The highest BCUT2D eigenvalue weighted by Crippen LogP contribution is 2.33.